The summed E-state index contributed by atoms with van der Waals surface area (Å²) in [7, 11) is 0. The zero-order valence-electron chi connectivity index (χ0n) is 6.43. The zero-order chi connectivity index (χ0) is 10.0. The van der Waals surface area contributed by atoms with Crippen LogP contribution >= 0.6 is 34.8 Å². The molecule has 1 atom stereocenters. The SMILES string of the molecule is NC(=O)C(Cl)c1c(Cl)cccc1Cl. The lowest BCUT2D eigenvalue weighted by molar-refractivity contribution is -0.117. The number of carbonyl (C=O) groups is 1. The third-order valence-electron chi connectivity index (χ3n) is 1.50. The number of hydrogen-bond acceptors (Lipinski definition) is 1. The van der Waals surface area contributed by atoms with E-state index in [2.05, 4.69) is 0 Å². The average Bonchev–Trinajstić information content (AvgIpc) is 2.03. The van der Waals surface area contributed by atoms with Gasteiger partial charge in [0.2, 0.25) is 5.91 Å². The van der Waals surface area contributed by atoms with Crippen molar-refractivity contribution in [2.24, 2.45) is 5.73 Å². The molecule has 70 valence electrons. The number of amides is 1. The second-order valence-electron chi connectivity index (χ2n) is 2.40. The van der Waals surface area contributed by atoms with Gasteiger partial charge in [-0.25, -0.2) is 0 Å². The third kappa shape index (κ3) is 2.27. The fourth-order valence-electron chi connectivity index (χ4n) is 0.895. The van der Waals surface area contributed by atoms with E-state index in [9.17, 15) is 4.79 Å². The Morgan fingerprint density at radius 1 is 1.31 bits per heavy atom. The minimum absolute atomic E-state index is 0.339. The molecule has 1 rings (SSSR count). The second kappa shape index (κ2) is 4.18. The first-order valence-electron chi connectivity index (χ1n) is 3.41. The maximum atomic E-state index is 10.8. The van der Waals surface area contributed by atoms with Gasteiger partial charge in [0.25, 0.3) is 0 Å². The summed E-state index contributed by atoms with van der Waals surface area (Å²) in [6.45, 7) is 0. The summed E-state index contributed by atoms with van der Waals surface area (Å²) < 4.78 is 0. The van der Waals surface area contributed by atoms with E-state index in [4.69, 9.17) is 40.5 Å². The van der Waals surface area contributed by atoms with Gasteiger partial charge >= 0.3 is 0 Å². The van der Waals surface area contributed by atoms with Crippen molar-refractivity contribution in [1.29, 1.82) is 0 Å². The number of benzene rings is 1. The van der Waals surface area contributed by atoms with Crippen LogP contribution in [0.2, 0.25) is 10.0 Å². The highest BCUT2D eigenvalue weighted by Gasteiger charge is 2.20. The van der Waals surface area contributed by atoms with Crippen LogP contribution in [-0.2, 0) is 4.79 Å². The van der Waals surface area contributed by atoms with Gasteiger partial charge in [-0.3, -0.25) is 4.79 Å². The van der Waals surface area contributed by atoms with Gasteiger partial charge in [0, 0.05) is 15.6 Å². The molecule has 0 saturated carbocycles. The number of primary amides is 1. The number of halogens is 3. The molecule has 13 heavy (non-hydrogen) atoms. The molecule has 0 aromatic heterocycles. The van der Waals surface area contributed by atoms with Crippen molar-refractivity contribution in [2.75, 3.05) is 0 Å². The molecule has 0 aliphatic rings. The molecule has 0 radical (unpaired) electrons. The number of carbonyl (C=O) groups excluding carboxylic acids is 1. The summed E-state index contributed by atoms with van der Waals surface area (Å²) in [6, 6.07) is 4.86. The van der Waals surface area contributed by atoms with Crippen LogP contribution in [0.25, 0.3) is 0 Å². The average molecular weight is 239 g/mol. The van der Waals surface area contributed by atoms with E-state index < -0.39 is 11.3 Å². The molecule has 0 heterocycles. The summed E-state index contributed by atoms with van der Waals surface area (Å²) in [6.07, 6.45) is 0. The highest BCUT2D eigenvalue weighted by atomic mass is 35.5. The van der Waals surface area contributed by atoms with Crippen molar-refractivity contribution in [3.8, 4) is 0 Å². The Bertz CT molecular complexity index is 320. The zero-order valence-corrected chi connectivity index (χ0v) is 8.70. The van der Waals surface area contributed by atoms with Gasteiger partial charge in [-0.15, -0.1) is 11.6 Å². The van der Waals surface area contributed by atoms with Gasteiger partial charge in [-0.05, 0) is 12.1 Å². The standard InChI is InChI=1S/C8H6Cl3NO/c9-4-2-1-3-5(10)6(4)7(11)8(12)13/h1-3,7H,(H2,12,13). The monoisotopic (exact) mass is 237 g/mol. The first kappa shape index (κ1) is 10.6. The molecule has 1 unspecified atom stereocenters. The predicted octanol–water partition coefficient (Wildman–Crippen LogP) is 2.76. The lowest BCUT2D eigenvalue weighted by Crippen LogP contribution is -2.17. The summed E-state index contributed by atoms with van der Waals surface area (Å²) in [5, 5.41) is -0.307. The predicted molar refractivity (Wildman–Crippen MR) is 54.3 cm³/mol. The Kier molecular flexibility index (Phi) is 3.42. The Labute approximate surface area is 90.6 Å². The van der Waals surface area contributed by atoms with Gasteiger partial charge < -0.3 is 5.73 Å². The minimum Gasteiger partial charge on any atom is -0.368 e. The maximum absolute atomic E-state index is 10.8. The van der Waals surface area contributed by atoms with E-state index in [1.165, 1.54) is 0 Å². The topological polar surface area (TPSA) is 43.1 Å². The largest absolute Gasteiger partial charge is 0.368 e. The molecule has 0 aliphatic heterocycles. The normalized spacial score (nSPS) is 12.5. The summed E-state index contributed by atoms with van der Waals surface area (Å²) in [5.74, 6) is -0.670. The molecular formula is C8H6Cl3NO. The van der Waals surface area contributed by atoms with E-state index in [1.807, 2.05) is 0 Å². The van der Waals surface area contributed by atoms with Crippen LogP contribution in [0.1, 0.15) is 10.9 Å². The molecule has 0 bridgehead atoms. The van der Waals surface area contributed by atoms with Gasteiger partial charge in [-0.1, -0.05) is 29.3 Å². The molecule has 2 N–H and O–H groups in total. The number of alkyl halides is 1. The van der Waals surface area contributed by atoms with Crippen molar-refractivity contribution in [3.63, 3.8) is 0 Å². The van der Waals surface area contributed by atoms with Crippen LogP contribution in [-0.4, -0.2) is 5.91 Å². The lowest BCUT2D eigenvalue weighted by atomic mass is 10.1. The molecule has 5 heteroatoms. The first-order valence-corrected chi connectivity index (χ1v) is 4.60. The van der Waals surface area contributed by atoms with Crippen molar-refractivity contribution >= 4 is 40.7 Å². The summed E-state index contributed by atoms with van der Waals surface area (Å²) in [5.41, 5.74) is 5.38. The van der Waals surface area contributed by atoms with E-state index in [-0.39, 0.29) is 0 Å². The molecule has 1 aromatic rings. The van der Waals surface area contributed by atoms with Crippen LogP contribution in [0.4, 0.5) is 0 Å². The van der Waals surface area contributed by atoms with Crippen molar-refractivity contribution in [1.82, 2.24) is 0 Å². The van der Waals surface area contributed by atoms with Crippen molar-refractivity contribution in [2.45, 2.75) is 5.38 Å². The number of hydrogen-bond donors (Lipinski definition) is 1. The van der Waals surface area contributed by atoms with E-state index in [1.54, 1.807) is 18.2 Å². The molecular weight excluding hydrogens is 232 g/mol. The van der Waals surface area contributed by atoms with Gasteiger partial charge in [-0.2, -0.15) is 0 Å². The van der Waals surface area contributed by atoms with E-state index in [0.717, 1.165) is 0 Å². The Hall–Kier alpha value is -0.440. The fraction of sp³-hybridized carbons (Fsp3) is 0.125. The van der Waals surface area contributed by atoms with Crippen LogP contribution in [0, 0.1) is 0 Å². The third-order valence-corrected chi connectivity index (χ3v) is 2.60. The van der Waals surface area contributed by atoms with Gasteiger partial charge in [0.05, 0.1) is 0 Å². The molecule has 1 amide bonds. The van der Waals surface area contributed by atoms with Crippen LogP contribution in [0.5, 0.6) is 0 Å². The van der Waals surface area contributed by atoms with Gasteiger partial charge in [0.15, 0.2) is 0 Å². The number of rotatable bonds is 2. The lowest BCUT2D eigenvalue weighted by Gasteiger charge is -2.09. The van der Waals surface area contributed by atoms with Crippen LogP contribution in [0.15, 0.2) is 18.2 Å². The highest BCUT2D eigenvalue weighted by molar-refractivity contribution is 6.40. The molecule has 0 saturated heterocycles. The Morgan fingerprint density at radius 2 is 1.77 bits per heavy atom. The maximum Gasteiger partial charge on any atom is 0.240 e. The van der Waals surface area contributed by atoms with Crippen LogP contribution < -0.4 is 5.73 Å². The smallest absolute Gasteiger partial charge is 0.240 e. The molecule has 0 spiro atoms. The molecule has 0 fully saturated rings. The minimum atomic E-state index is -0.985. The Morgan fingerprint density at radius 3 is 2.15 bits per heavy atom. The second-order valence-corrected chi connectivity index (χ2v) is 3.65. The quantitative estimate of drug-likeness (QED) is 0.791. The molecule has 2 nitrogen and oxygen atoms in total. The van der Waals surface area contributed by atoms with E-state index in [0.29, 0.717) is 15.6 Å². The number of nitrogens with two attached hydrogens (primary N) is 1. The fourth-order valence-corrected chi connectivity index (χ4v) is 1.86. The molecule has 0 aliphatic carbocycles. The van der Waals surface area contributed by atoms with Gasteiger partial charge in [0.1, 0.15) is 5.38 Å². The first-order chi connectivity index (χ1) is 6.04. The van der Waals surface area contributed by atoms with Crippen molar-refractivity contribution in [3.05, 3.63) is 33.8 Å². The van der Waals surface area contributed by atoms with Crippen LogP contribution in [0.3, 0.4) is 0 Å². The van der Waals surface area contributed by atoms with E-state index >= 15 is 0 Å². The summed E-state index contributed by atoms with van der Waals surface area (Å²) >= 11 is 17.3. The van der Waals surface area contributed by atoms with Crippen molar-refractivity contribution < 1.29 is 4.79 Å². The summed E-state index contributed by atoms with van der Waals surface area (Å²) in [4.78, 5) is 10.8. The highest BCUT2D eigenvalue weighted by Crippen LogP contribution is 2.33. The molecule has 1 aromatic carbocycles. The Balaban J connectivity index is 3.20.